The molecule has 1 aliphatic heterocycles. The first-order valence-corrected chi connectivity index (χ1v) is 10.8. The van der Waals surface area contributed by atoms with Gasteiger partial charge in [-0.05, 0) is 67.7 Å². The van der Waals surface area contributed by atoms with Gasteiger partial charge in [-0.25, -0.2) is 0 Å². The van der Waals surface area contributed by atoms with Gasteiger partial charge in [0.15, 0.2) is 0 Å². The first-order valence-electron chi connectivity index (χ1n) is 10.8. The number of hydrogen-bond donors (Lipinski definition) is 1. The molecule has 1 heterocycles. The molecule has 1 fully saturated rings. The van der Waals surface area contributed by atoms with Gasteiger partial charge >= 0.3 is 0 Å². The minimum Gasteiger partial charge on any atom is -0.366 e. The second-order valence-corrected chi connectivity index (χ2v) is 7.59. The Kier molecular flexibility index (Phi) is 7.60. The van der Waals surface area contributed by atoms with Crippen molar-refractivity contribution in [2.75, 3.05) is 33.3 Å². The Morgan fingerprint density at radius 1 is 0.871 bits per heavy atom. The summed E-state index contributed by atoms with van der Waals surface area (Å²) in [5, 5.41) is 1.96. The molecule has 0 aromatic heterocycles. The molecule has 2 aromatic carbocycles. The van der Waals surface area contributed by atoms with Crippen LogP contribution in [-0.4, -0.2) is 55.1 Å². The molecule has 0 radical (unpaired) electrons. The molecule has 0 aliphatic carbocycles. The summed E-state index contributed by atoms with van der Waals surface area (Å²) in [4.78, 5) is 31.4. The number of rotatable bonds is 7. The first-order chi connectivity index (χ1) is 15.0. The van der Waals surface area contributed by atoms with Gasteiger partial charge in [0, 0.05) is 37.3 Å². The maximum atomic E-state index is 12.7. The van der Waals surface area contributed by atoms with Crippen LogP contribution in [0.25, 0.3) is 5.57 Å². The molecule has 0 atom stereocenters. The van der Waals surface area contributed by atoms with Crippen LogP contribution in [0.1, 0.15) is 58.5 Å². The fraction of sp³-hybridized carbons (Fsp3) is 0.360. The van der Waals surface area contributed by atoms with Crippen LogP contribution in [0.5, 0.6) is 0 Å². The first kappa shape index (κ1) is 22.7. The molecule has 2 aromatic rings. The van der Waals surface area contributed by atoms with Gasteiger partial charge in [0.25, 0.3) is 5.91 Å². The van der Waals surface area contributed by atoms with Gasteiger partial charge in [-0.2, -0.15) is 5.06 Å². The van der Waals surface area contributed by atoms with Gasteiger partial charge in [-0.15, -0.1) is 0 Å². The van der Waals surface area contributed by atoms with Crippen molar-refractivity contribution in [3.8, 4) is 0 Å². The highest BCUT2D eigenvalue weighted by Crippen LogP contribution is 2.33. The van der Waals surface area contributed by atoms with E-state index in [0.29, 0.717) is 24.2 Å². The van der Waals surface area contributed by atoms with E-state index in [0.717, 1.165) is 42.6 Å². The van der Waals surface area contributed by atoms with Gasteiger partial charge in [0.1, 0.15) is 0 Å². The predicted molar refractivity (Wildman–Crippen MR) is 122 cm³/mol. The summed E-state index contributed by atoms with van der Waals surface area (Å²) in [6.45, 7) is 7.00. The van der Waals surface area contributed by atoms with E-state index in [1.165, 1.54) is 5.57 Å². The Morgan fingerprint density at radius 2 is 1.32 bits per heavy atom. The number of amides is 2. The maximum absolute atomic E-state index is 12.7. The SMILES string of the molecule is CCN(CC)C(=O)c1ccc(C(=C2CCN(OC)CC2)c2ccc(C(N)=O)cc2)cc1. The van der Waals surface area contributed by atoms with Crippen molar-refractivity contribution in [1.82, 2.24) is 9.96 Å². The zero-order valence-electron chi connectivity index (χ0n) is 18.6. The van der Waals surface area contributed by atoms with Crippen molar-refractivity contribution < 1.29 is 14.4 Å². The summed E-state index contributed by atoms with van der Waals surface area (Å²) >= 11 is 0. The van der Waals surface area contributed by atoms with Crippen LogP contribution in [0.2, 0.25) is 0 Å². The highest BCUT2D eigenvalue weighted by atomic mass is 16.7. The molecule has 3 rings (SSSR count). The van der Waals surface area contributed by atoms with Gasteiger partial charge in [-0.3, -0.25) is 9.59 Å². The molecule has 6 nitrogen and oxygen atoms in total. The highest BCUT2D eigenvalue weighted by molar-refractivity contribution is 5.95. The molecule has 0 unspecified atom stereocenters. The Balaban J connectivity index is 1.99. The summed E-state index contributed by atoms with van der Waals surface area (Å²) < 4.78 is 0. The Bertz CT molecular complexity index is 935. The van der Waals surface area contributed by atoms with Crippen LogP contribution in [0.4, 0.5) is 0 Å². The van der Waals surface area contributed by atoms with E-state index in [1.54, 1.807) is 19.2 Å². The molecular weight excluding hydrogens is 390 g/mol. The summed E-state index contributed by atoms with van der Waals surface area (Å²) in [5.41, 5.74) is 11.2. The van der Waals surface area contributed by atoms with Crippen LogP contribution < -0.4 is 5.73 Å². The lowest BCUT2D eigenvalue weighted by molar-refractivity contribution is -0.135. The number of nitrogens with two attached hydrogens (primary N) is 1. The summed E-state index contributed by atoms with van der Waals surface area (Å²) in [6, 6.07) is 15.3. The molecule has 0 spiro atoms. The zero-order chi connectivity index (χ0) is 22.4. The zero-order valence-corrected chi connectivity index (χ0v) is 18.6. The number of carbonyl (C=O) groups excluding carboxylic acids is 2. The average molecular weight is 422 g/mol. The molecule has 2 amide bonds. The molecule has 1 aliphatic rings. The monoisotopic (exact) mass is 421 g/mol. The Hall–Kier alpha value is -2.96. The van der Waals surface area contributed by atoms with Crippen molar-refractivity contribution in [3.63, 3.8) is 0 Å². The topological polar surface area (TPSA) is 75.9 Å². The minimum absolute atomic E-state index is 0.0463. The summed E-state index contributed by atoms with van der Waals surface area (Å²) in [6.07, 6.45) is 1.78. The smallest absolute Gasteiger partial charge is 0.253 e. The van der Waals surface area contributed by atoms with Crippen molar-refractivity contribution in [2.45, 2.75) is 26.7 Å². The third-order valence-corrected chi connectivity index (χ3v) is 5.87. The lowest BCUT2D eigenvalue weighted by Crippen LogP contribution is -2.30. The van der Waals surface area contributed by atoms with E-state index < -0.39 is 5.91 Å². The molecule has 31 heavy (non-hydrogen) atoms. The second-order valence-electron chi connectivity index (χ2n) is 7.59. The maximum Gasteiger partial charge on any atom is 0.253 e. The van der Waals surface area contributed by atoms with E-state index in [1.807, 2.05) is 60.2 Å². The lowest BCUT2D eigenvalue weighted by Gasteiger charge is -2.28. The molecular formula is C25H31N3O3. The largest absolute Gasteiger partial charge is 0.366 e. The van der Waals surface area contributed by atoms with E-state index >= 15 is 0 Å². The molecule has 2 N–H and O–H groups in total. The van der Waals surface area contributed by atoms with Crippen LogP contribution >= 0.6 is 0 Å². The second kappa shape index (κ2) is 10.4. The number of primary amides is 1. The molecule has 6 heteroatoms. The highest BCUT2D eigenvalue weighted by Gasteiger charge is 2.20. The number of nitrogens with zero attached hydrogens (tertiary/aromatic N) is 2. The van der Waals surface area contributed by atoms with Gasteiger partial charge in [0.05, 0.1) is 7.11 Å². The van der Waals surface area contributed by atoms with Crippen LogP contribution in [-0.2, 0) is 4.84 Å². The van der Waals surface area contributed by atoms with Crippen molar-refractivity contribution >= 4 is 17.4 Å². The van der Waals surface area contributed by atoms with Crippen LogP contribution in [0, 0.1) is 0 Å². The quantitative estimate of drug-likeness (QED) is 0.739. The van der Waals surface area contributed by atoms with Crippen LogP contribution in [0.3, 0.4) is 0 Å². The molecule has 0 bridgehead atoms. The van der Waals surface area contributed by atoms with Crippen molar-refractivity contribution in [3.05, 3.63) is 76.4 Å². The third-order valence-electron chi connectivity index (χ3n) is 5.87. The van der Waals surface area contributed by atoms with Gasteiger partial charge in [0.2, 0.25) is 5.91 Å². The standard InChI is InChI=1S/C25H31N3O3/c1-4-27(5-2)25(30)22-12-8-19(9-13-22)23(20-14-16-28(31-3)17-15-20)18-6-10-21(11-7-18)24(26)29/h6-13H,4-5,14-17H2,1-3H3,(H2,26,29). The van der Waals surface area contributed by atoms with E-state index in [-0.39, 0.29) is 5.91 Å². The summed E-state index contributed by atoms with van der Waals surface area (Å²) in [5.74, 6) is -0.390. The van der Waals surface area contributed by atoms with Crippen molar-refractivity contribution in [2.24, 2.45) is 5.73 Å². The fourth-order valence-electron chi connectivity index (χ4n) is 4.04. The minimum atomic E-state index is -0.437. The van der Waals surface area contributed by atoms with E-state index in [4.69, 9.17) is 10.6 Å². The predicted octanol–water partition coefficient (Wildman–Crippen LogP) is 3.73. The average Bonchev–Trinajstić information content (AvgIpc) is 2.81. The number of hydroxylamine groups is 2. The van der Waals surface area contributed by atoms with Crippen LogP contribution in [0.15, 0.2) is 54.1 Å². The third kappa shape index (κ3) is 5.21. The summed E-state index contributed by atoms with van der Waals surface area (Å²) in [7, 11) is 1.70. The fourth-order valence-corrected chi connectivity index (χ4v) is 4.04. The van der Waals surface area contributed by atoms with E-state index in [2.05, 4.69) is 0 Å². The number of carbonyl (C=O) groups is 2. The number of hydrogen-bond acceptors (Lipinski definition) is 4. The number of benzene rings is 2. The molecule has 1 saturated heterocycles. The molecule has 164 valence electrons. The van der Waals surface area contributed by atoms with Gasteiger partial charge in [-0.1, -0.05) is 29.8 Å². The number of piperidine rings is 1. The lowest BCUT2D eigenvalue weighted by atomic mass is 9.88. The van der Waals surface area contributed by atoms with Gasteiger partial charge < -0.3 is 15.5 Å². The van der Waals surface area contributed by atoms with Crippen molar-refractivity contribution in [1.29, 1.82) is 0 Å². The Labute approximate surface area is 184 Å². The normalized spacial score (nSPS) is 14.4. The van der Waals surface area contributed by atoms with E-state index in [9.17, 15) is 9.59 Å². The molecule has 0 saturated carbocycles. The Morgan fingerprint density at radius 3 is 1.74 bits per heavy atom.